The van der Waals surface area contributed by atoms with E-state index < -0.39 is 0 Å². The Morgan fingerprint density at radius 1 is 0.905 bits per heavy atom. The average Bonchev–Trinajstić information content (AvgIpc) is 2.87. The fourth-order valence-corrected chi connectivity index (χ4v) is 2.80. The number of hydrogen-bond acceptors (Lipinski definition) is 4. The number of hydrogen-bond donors (Lipinski definition) is 2. The van der Waals surface area contributed by atoms with E-state index in [4.69, 9.17) is 5.73 Å². The number of nitrogens with two attached hydrogens (primary N) is 1. The summed E-state index contributed by atoms with van der Waals surface area (Å²) in [4.78, 5) is 8.24. The molecule has 0 radical (unpaired) electrons. The second-order valence-electron chi connectivity index (χ2n) is 5.12. The molecule has 0 saturated heterocycles. The summed E-state index contributed by atoms with van der Waals surface area (Å²) in [7, 11) is 0. The van der Waals surface area contributed by atoms with Gasteiger partial charge in [0, 0.05) is 18.1 Å². The van der Waals surface area contributed by atoms with Gasteiger partial charge in [0.1, 0.15) is 0 Å². The van der Waals surface area contributed by atoms with Gasteiger partial charge in [0.05, 0.1) is 0 Å². The van der Waals surface area contributed by atoms with Gasteiger partial charge in [-0.3, -0.25) is 0 Å². The molecule has 4 rings (SSSR count). The summed E-state index contributed by atoms with van der Waals surface area (Å²) in [5.74, 6) is 0.995. The van der Waals surface area contributed by atoms with Crippen LogP contribution in [-0.4, -0.2) is 9.97 Å². The van der Waals surface area contributed by atoms with Gasteiger partial charge in [-0.25, -0.2) is 9.97 Å². The molecule has 2 aromatic carbocycles. The zero-order valence-corrected chi connectivity index (χ0v) is 11.4. The van der Waals surface area contributed by atoms with E-state index >= 15 is 0 Å². The molecule has 3 aromatic rings. The first-order chi connectivity index (χ1) is 10.3. The van der Waals surface area contributed by atoms with E-state index in [9.17, 15) is 0 Å². The lowest BCUT2D eigenvalue weighted by atomic mass is 10.1. The molecule has 0 aliphatic heterocycles. The number of fused-ring (bicyclic) bond motifs is 3. The molecule has 0 spiro atoms. The zero-order chi connectivity index (χ0) is 14.2. The highest BCUT2D eigenvalue weighted by molar-refractivity contribution is 5.79. The third kappa shape index (κ3) is 2.01. The molecule has 1 aliphatic rings. The van der Waals surface area contributed by atoms with Gasteiger partial charge in [0.2, 0.25) is 0 Å². The van der Waals surface area contributed by atoms with E-state index in [0.717, 1.165) is 12.1 Å². The lowest BCUT2D eigenvalue weighted by molar-refractivity contribution is 1.20. The third-order valence-electron chi connectivity index (χ3n) is 3.78. The molecule has 0 amide bonds. The van der Waals surface area contributed by atoms with E-state index in [0.29, 0.717) is 11.6 Å². The van der Waals surface area contributed by atoms with E-state index in [-0.39, 0.29) is 0 Å². The van der Waals surface area contributed by atoms with E-state index in [1.165, 1.54) is 22.3 Å². The van der Waals surface area contributed by atoms with Gasteiger partial charge < -0.3 is 11.1 Å². The van der Waals surface area contributed by atoms with Crippen molar-refractivity contribution in [3.05, 3.63) is 66.0 Å². The maximum atomic E-state index is 5.81. The minimum Gasteiger partial charge on any atom is -0.381 e. The summed E-state index contributed by atoms with van der Waals surface area (Å²) < 4.78 is 0. The van der Waals surface area contributed by atoms with Crippen molar-refractivity contribution in [3.63, 3.8) is 0 Å². The van der Waals surface area contributed by atoms with Crippen LogP contribution < -0.4 is 11.1 Å². The molecule has 0 bridgehead atoms. The van der Waals surface area contributed by atoms with Gasteiger partial charge in [-0.1, -0.05) is 30.3 Å². The molecular formula is C17H14N4. The van der Waals surface area contributed by atoms with Crippen LogP contribution in [0.3, 0.4) is 0 Å². The predicted molar refractivity (Wildman–Crippen MR) is 84.4 cm³/mol. The molecule has 102 valence electrons. The molecule has 4 heteroatoms. The molecule has 21 heavy (non-hydrogen) atoms. The van der Waals surface area contributed by atoms with Crippen LogP contribution in [0.2, 0.25) is 0 Å². The Labute approximate surface area is 122 Å². The lowest BCUT2D eigenvalue weighted by Crippen LogP contribution is -2.01. The third-order valence-corrected chi connectivity index (χ3v) is 3.78. The Morgan fingerprint density at radius 2 is 1.71 bits per heavy atom. The van der Waals surface area contributed by atoms with Gasteiger partial charge in [-0.2, -0.15) is 0 Å². The Morgan fingerprint density at radius 3 is 2.62 bits per heavy atom. The number of nitrogens with zero attached hydrogens (tertiary/aromatic N) is 2. The van der Waals surface area contributed by atoms with Crippen LogP contribution >= 0.6 is 0 Å². The molecule has 0 unspecified atom stereocenters. The van der Waals surface area contributed by atoms with E-state index in [2.05, 4.69) is 57.7 Å². The van der Waals surface area contributed by atoms with Crippen molar-refractivity contribution >= 4 is 17.3 Å². The highest BCUT2D eigenvalue weighted by Crippen LogP contribution is 2.38. The molecule has 0 fully saturated rings. The molecular weight excluding hydrogens is 260 g/mol. The topological polar surface area (TPSA) is 63.8 Å². The van der Waals surface area contributed by atoms with Crippen LogP contribution in [0.25, 0.3) is 11.1 Å². The number of nitrogens with one attached hydrogen (secondary N) is 1. The maximum absolute atomic E-state index is 5.81. The summed E-state index contributed by atoms with van der Waals surface area (Å²) in [5, 5.41) is 3.23. The van der Waals surface area contributed by atoms with Gasteiger partial charge in [0.25, 0.3) is 0 Å². The van der Waals surface area contributed by atoms with Crippen molar-refractivity contribution in [1.82, 2.24) is 9.97 Å². The Kier molecular flexibility index (Phi) is 2.60. The van der Waals surface area contributed by atoms with Gasteiger partial charge in [-0.05, 0) is 40.8 Å². The number of rotatable bonds is 2. The minimum atomic E-state index is 0.404. The molecule has 3 N–H and O–H groups in total. The molecule has 4 nitrogen and oxygen atoms in total. The SMILES string of the molecule is Nc1nccnc1Nc1ccc2c(c1)Cc1ccccc1-2. The first kappa shape index (κ1) is 11.9. The number of anilines is 3. The van der Waals surface area contributed by atoms with Crippen LogP contribution in [0.5, 0.6) is 0 Å². The minimum absolute atomic E-state index is 0.404. The fraction of sp³-hybridized carbons (Fsp3) is 0.0588. The summed E-state index contributed by atoms with van der Waals surface area (Å²) in [5.41, 5.74) is 12.1. The average molecular weight is 274 g/mol. The predicted octanol–water partition coefficient (Wildman–Crippen LogP) is 3.37. The molecule has 0 atom stereocenters. The smallest absolute Gasteiger partial charge is 0.173 e. The maximum Gasteiger partial charge on any atom is 0.173 e. The number of aromatic nitrogens is 2. The summed E-state index contributed by atoms with van der Waals surface area (Å²) in [6.45, 7) is 0. The molecule has 1 aromatic heterocycles. The summed E-state index contributed by atoms with van der Waals surface area (Å²) >= 11 is 0. The number of nitrogen functional groups attached to an aromatic ring is 1. The van der Waals surface area contributed by atoms with Crippen LogP contribution in [0.1, 0.15) is 11.1 Å². The van der Waals surface area contributed by atoms with Crippen molar-refractivity contribution in [3.8, 4) is 11.1 Å². The van der Waals surface area contributed by atoms with Crippen molar-refractivity contribution in [2.75, 3.05) is 11.1 Å². The molecule has 1 aliphatic carbocycles. The second-order valence-corrected chi connectivity index (χ2v) is 5.12. The molecule has 1 heterocycles. The van der Waals surface area contributed by atoms with E-state index in [1.807, 2.05) is 0 Å². The Bertz CT molecular complexity index is 827. The van der Waals surface area contributed by atoms with Gasteiger partial charge in [-0.15, -0.1) is 0 Å². The zero-order valence-electron chi connectivity index (χ0n) is 11.4. The first-order valence-electron chi connectivity index (χ1n) is 6.86. The molecule has 0 saturated carbocycles. The normalized spacial score (nSPS) is 11.8. The van der Waals surface area contributed by atoms with E-state index in [1.54, 1.807) is 12.4 Å². The van der Waals surface area contributed by atoms with Crippen LogP contribution in [0, 0.1) is 0 Å². The standard InChI is InChI=1S/C17H14N4/c18-16-17(20-8-7-19-16)21-13-5-6-15-12(10-13)9-11-3-1-2-4-14(11)15/h1-8,10H,9H2,(H2,18,19)(H,20,21). The largest absolute Gasteiger partial charge is 0.381 e. The van der Waals surface area contributed by atoms with Crippen LogP contribution in [0.4, 0.5) is 17.3 Å². The highest BCUT2D eigenvalue weighted by atomic mass is 15.0. The van der Waals surface area contributed by atoms with Crippen molar-refractivity contribution < 1.29 is 0 Å². The van der Waals surface area contributed by atoms with Gasteiger partial charge >= 0.3 is 0 Å². The van der Waals surface area contributed by atoms with Crippen molar-refractivity contribution in [2.45, 2.75) is 6.42 Å². The monoisotopic (exact) mass is 274 g/mol. The van der Waals surface area contributed by atoms with Crippen molar-refractivity contribution in [2.24, 2.45) is 0 Å². The highest BCUT2D eigenvalue weighted by Gasteiger charge is 2.17. The Balaban J connectivity index is 1.69. The fourth-order valence-electron chi connectivity index (χ4n) is 2.80. The first-order valence-corrected chi connectivity index (χ1v) is 6.86. The Hall–Kier alpha value is -2.88. The summed E-state index contributed by atoms with van der Waals surface area (Å²) in [6.07, 6.45) is 4.18. The van der Waals surface area contributed by atoms with Crippen LogP contribution in [-0.2, 0) is 6.42 Å². The lowest BCUT2D eigenvalue weighted by Gasteiger charge is -2.09. The van der Waals surface area contributed by atoms with Crippen molar-refractivity contribution in [1.29, 1.82) is 0 Å². The second kappa shape index (κ2) is 4.59. The number of benzene rings is 2. The summed E-state index contributed by atoms with van der Waals surface area (Å²) in [6, 6.07) is 14.9. The quantitative estimate of drug-likeness (QED) is 0.588. The van der Waals surface area contributed by atoms with Crippen LogP contribution in [0.15, 0.2) is 54.9 Å². The van der Waals surface area contributed by atoms with Gasteiger partial charge in [0.15, 0.2) is 11.6 Å².